The average molecular weight is 1340 g/mol. The fraction of sp³-hybridized carbons (Fsp3) is 0.494. The Kier molecular flexibility index (Phi) is 22.9. The zero-order valence-corrected chi connectivity index (χ0v) is 58.5. The lowest BCUT2D eigenvalue weighted by Crippen LogP contribution is -2.56. The van der Waals surface area contributed by atoms with Crippen molar-refractivity contribution < 1.29 is 75.1 Å². The van der Waals surface area contributed by atoms with Crippen LogP contribution in [0.2, 0.25) is 0 Å². The van der Waals surface area contributed by atoms with Gasteiger partial charge in [-0.15, -0.1) is 0 Å². The van der Waals surface area contributed by atoms with E-state index in [1.807, 2.05) is 100 Å². The summed E-state index contributed by atoms with van der Waals surface area (Å²) in [7, 11) is 0. The first-order valence-electron chi connectivity index (χ1n) is 35.2. The molecule has 0 aromatic heterocycles. The summed E-state index contributed by atoms with van der Waals surface area (Å²) < 4.78 is 23.1. The fourth-order valence-corrected chi connectivity index (χ4v) is 16.3. The van der Waals surface area contributed by atoms with E-state index in [1.54, 1.807) is 72.8 Å². The fourth-order valence-electron chi connectivity index (χ4n) is 16.3. The molecule has 0 atom stereocenters. The number of aliphatic hydroxyl groups excluding tert-OH is 5. The first-order valence-corrected chi connectivity index (χ1v) is 35.2. The molecule has 5 fully saturated rings. The summed E-state index contributed by atoms with van der Waals surface area (Å²) in [5, 5.41) is 111. The van der Waals surface area contributed by atoms with Crippen molar-refractivity contribution >= 4 is 0 Å². The van der Waals surface area contributed by atoms with Gasteiger partial charge in [0.05, 0.1) is 63.4 Å². The molecule has 98 heavy (non-hydrogen) atoms. The van der Waals surface area contributed by atoms with Gasteiger partial charge in [0.15, 0.2) is 12.6 Å². The molecular weight excluding hydrogens is 1240 g/mol. The second-order valence-electron chi connectivity index (χ2n) is 31.0. The van der Waals surface area contributed by atoms with Crippen LogP contribution in [0.5, 0.6) is 34.5 Å². The summed E-state index contributed by atoms with van der Waals surface area (Å²) >= 11 is 0. The lowest BCUT2D eigenvalue weighted by molar-refractivity contribution is -0.337. The summed E-state index contributed by atoms with van der Waals surface area (Å²) in [6.07, 6.45) is 11.7. The summed E-state index contributed by atoms with van der Waals surface area (Å²) in [6.45, 7) is 18.5. The number of ether oxygens (including phenoxy) is 4. The van der Waals surface area contributed by atoms with Gasteiger partial charge in [-0.1, -0.05) is 126 Å². The molecule has 2 heterocycles. The third-order valence-corrected chi connectivity index (χ3v) is 23.3. The first kappa shape index (κ1) is 73.7. The highest BCUT2D eigenvalue weighted by molar-refractivity contribution is 5.61. The highest BCUT2D eigenvalue weighted by Gasteiger charge is 2.50. The zero-order chi connectivity index (χ0) is 70.4. The van der Waals surface area contributed by atoms with E-state index in [2.05, 4.69) is 45.9 Å². The minimum absolute atomic E-state index is 0.00440. The van der Waals surface area contributed by atoms with Crippen molar-refractivity contribution in [1.29, 1.82) is 0 Å². The van der Waals surface area contributed by atoms with Crippen LogP contribution in [0.4, 0.5) is 0 Å². The normalized spacial score (nSPS) is 24.8. The summed E-state index contributed by atoms with van der Waals surface area (Å²) in [5.41, 5.74) is 4.84. The largest absolute Gasteiger partial charge is 0.508 e. The van der Waals surface area contributed by atoms with Crippen molar-refractivity contribution in [3.8, 4) is 34.5 Å². The second kappa shape index (κ2) is 30.4. The number of benzene rings is 7. The molecule has 7 aromatic rings. The second-order valence-corrected chi connectivity index (χ2v) is 31.0. The first-order chi connectivity index (χ1) is 46.6. The molecule has 1 spiro atoms. The highest BCUT2D eigenvalue weighted by atomic mass is 16.7. The predicted molar refractivity (Wildman–Crippen MR) is 379 cm³/mol. The van der Waals surface area contributed by atoms with Crippen LogP contribution in [-0.4, -0.2) is 127 Å². The van der Waals surface area contributed by atoms with Crippen LogP contribution in [0.3, 0.4) is 0 Å². The van der Waals surface area contributed by atoms with E-state index in [4.69, 9.17) is 18.9 Å². The minimum Gasteiger partial charge on any atom is -0.508 e. The molecular formula is C83H106O15. The SMILES string of the molecule is CC(C)(CO)C1OCC2(CO1)COC(C(C)(C)CO)OC2.CC(C1CCC(O)CC1)(C1CCC(O)CC1)C1CCC(O)CC1.CC(c1ccc(O)cc1)(c1ccc(O)cc1)c1cc(C(C)(c2ccc(O)cc2)c2ccc(O)cc2)cc(C(C)(c2ccc(O)cc2)c2ccc(O)cc2)c1. The van der Waals surface area contributed by atoms with Gasteiger partial charge >= 0.3 is 0 Å². The van der Waals surface area contributed by atoms with Crippen LogP contribution in [0, 0.1) is 39.4 Å². The number of aromatic hydroxyl groups is 6. The molecule has 2 saturated heterocycles. The minimum atomic E-state index is -0.832. The average Bonchev–Trinajstić information content (AvgIpc) is 0.718. The maximum Gasteiger partial charge on any atom is 0.164 e. The van der Waals surface area contributed by atoms with Crippen molar-refractivity contribution in [2.75, 3.05) is 39.6 Å². The van der Waals surface area contributed by atoms with Crippen LogP contribution < -0.4 is 0 Å². The molecule has 0 bridgehead atoms. The third-order valence-electron chi connectivity index (χ3n) is 23.3. The Labute approximate surface area is 579 Å². The van der Waals surface area contributed by atoms with Gasteiger partial charge in [0.2, 0.25) is 0 Å². The number of rotatable bonds is 16. The van der Waals surface area contributed by atoms with E-state index in [9.17, 15) is 56.2 Å². The Hall–Kier alpha value is -7.02. The maximum absolute atomic E-state index is 10.4. The molecule has 528 valence electrons. The predicted octanol–water partition coefficient (Wildman–Crippen LogP) is 14.4. The van der Waals surface area contributed by atoms with Gasteiger partial charge in [0, 0.05) is 27.1 Å². The van der Waals surface area contributed by atoms with Crippen molar-refractivity contribution in [2.24, 2.45) is 39.4 Å². The quantitative estimate of drug-likeness (QED) is 0.0402. The lowest BCUT2D eigenvalue weighted by Gasteiger charge is -2.54. The van der Waals surface area contributed by atoms with E-state index in [0.29, 0.717) is 49.6 Å². The molecule has 0 amide bonds. The van der Waals surface area contributed by atoms with Crippen molar-refractivity contribution in [3.63, 3.8) is 0 Å². The van der Waals surface area contributed by atoms with E-state index < -0.39 is 39.7 Å². The maximum atomic E-state index is 10.4. The zero-order valence-electron chi connectivity index (χ0n) is 58.5. The molecule has 15 nitrogen and oxygen atoms in total. The van der Waals surface area contributed by atoms with Gasteiger partial charge in [-0.05, 0) is 244 Å². The Balaban J connectivity index is 0.000000193. The molecule has 3 aliphatic carbocycles. The Morgan fingerprint density at radius 1 is 0.296 bits per heavy atom. The van der Waals surface area contributed by atoms with E-state index in [1.165, 1.54) is 0 Å². The van der Waals surface area contributed by atoms with Gasteiger partial charge in [-0.3, -0.25) is 0 Å². The van der Waals surface area contributed by atoms with Gasteiger partial charge in [0.25, 0.3) is 0 Å². The number of phenolic OH excluding ortho intramolecular Hbond substituents is 6. The van der Waals surface area contributed by atoms with E-state index in [-0.39, 0.29) is 71.4 Å². The molecule has 0 unspecified atom stereocenters. The van der Waals surface area contributed by atoms with Crippen molar-refractivity contribution in [1.82, 2.24) is 0 Å². The number of aliphatic hydroxyl groups is 5. The van der Waals surface area contributed by atoms with E-state index >= 15 is 0 Å². The highest BCUT2D eigenvalue weighted by Crippen LogP contribution is 2.57. The van der Waals surface area contributed by atoms with Gasteiger partial charge in [-0.2, -0.15) is 0 Å². The lowest BCUT2D eigenvalue weighted by atomic mass is 9.52. The Bertz CT molecular complexity index is 3130. The van der Waals surface area contributed by atoms with Crippen molar-refractivity contribution in [3.05, 3.63) is 214 Å². The molecule has 2 aliphatic heterocycles. The third kappa shape index (κ3) is 15.8. The number of hydrogen-bond acceptors (Lipinski definition) is 15. The van der Waals surface area contributed by atoms with Gasteiger partial charge in [0.1, 0.15) is 34.5 Å². The number of hydrogen-bond donors (Lipinski definition) is 11. The van der Waals surface area contributed by atoms with Crippen LogP contribution >= 0.6 is 0 Å². The van der Waals surface area contributed by atoms with Crippen LogP contribution in [0.25, 0.3) is 0 Å². The van der Waals surface area contributed by atoms with Crippen LogP contribution in [0.15, 0.2) is 164 Å². The molecule has 5 aliphatic rings. The molecule has 3 saturated carbocycles. The van der Waals surface area contributed by atoms with Crippen LogP contribution in [-0.2, 0) is 35.2 Å². The van der Waals surface area contributed by atoms with Crippen molar-refractivity contribution in [2.45, 2.75) is 180 Å². The monoisotopic (exact) mass is 1340 g/mol. The summed E-state index contributed by atoms with van der Waals surface area (Å²) in [4.78, 5) is 0. The molecule has 12 rings (SSSR count). The molecule has 15 heteroatoms. The standard InChI is InChI=1S/C48H42O6.C20H36O3.C15H28O6/c1-46(31-4-16-40(49)17-5-31,32-6-18-41(50)19-7-32)37-28-38(47(2,33-8-20-42(51)21-9-33)34-10-22-43(52)23-11-34)30-39(29-37)48(3,35-12-24-44(53)25-13-35)36-14-26-45(54)27-15-36;1-20(14-2-8-17(21)9-3-14,15-4-10-18(22)11-5-15)16-6-12-19(23)13-7-16;1-13(2,5-16)11-18-7-15(8-19-11)9-20-12(21-10-15)14(3,4)6-17/h4-30,49-54H,1-3H3;14-19,21-23H,2-13H2,1H3;11-12,16-17H,5-10H2,1-4H3. The molecule has 0 radical (unpaired) electrons. The Morgan fingerprint density at radius 3 is 0.653 bits per heavy atom. The molecule has 7 aromatic carbocycles. The topological polar surface area (TPSA) is 259 Å². The number of phenols is 6. The smallest absolute Gasteiger partial charge is 0.164 e. The molecule has 11 N–H and O–H groups in total. The van der Waals surface area contributed by atoms with E-state index in [0.717, 1.165) is 127 Å². The van der Waals surface area contributed by atoms with Gasteiger partial charge in [-0.25, -0.2) is 0 Å². The van der Waals surface area contributed by atoms with Crippen LogP contribution in [0.1, 0.15) is 183 Å². The summed E-state index contributed by atoms with van der Waals surface area (Å²) in [6, 6.07) is 49.6. The summed E-state index contributed by atoms with van der Waals surface area (Å²) in [5.74, 6) is 2.98. The Morgan fingerprint density at radius 2 is 0.480 bits per heavy atom. The van der Waals surface area contributed by atoms with Gasteiger partial charge < -0.3 is 75.1 Å².